The largest absolute Gasteiger partial charge is 0.355 e. The molecule has 20 heteroatoms. The average Bonchev–Trinajstić information content (AvgIpc) is 1.83. The summed E-state index contributed by atoms with van der Waals surface area (Å²) < 4.78 is 17.0. The van der Waals surface area contributed by atoms with E-state index in [9.17, 15) is 47.9 Å². The molecule has 8 amide bonds. The van der Waals surface area contributed by atoms with Crippen LogP contribution in [0.4, 0.5) is 4.39 Å². The van der Waals surface area contributed by atoms with Gasteiger partial charge in [-0.05, 0) is 105 Å². The van der Waals surface area contributed by atoms with Gasteiger partial charge in [0.2, 0.25) is 35.4 Å². The normalized spacial score (nSPS) is 16.8. The first-order chi connectivity index (χ1) is 39.7. The minimum absolute atomic E-state index is 0.0472. The van der Waals surface area contributed by atoms with Crippen LogP contribution >= 0.6 is 0 Å². The number of unbranched alkanes of at least 4 members (excludes halogenated alkanes) is 3. The Bertz CT molecular complexity index is 3210. The minimum Gasteiger partial charge on any atom is -0.355 e. The van der Waals surface area contributed by atoms with Crippen LogP contribution in [0.15, 0.2) is 59.4 Å². The number of nitrogens with one attached hydrogen (secondary N) is 5. The summed E-state index contributed by atoms with van der Waals surface area (Å²) >= 11 is 0. The maximum Gasteiger partial charge on any atom is 0.254 e. The number of benzene rings is 2. The lowest BCUT2D eigenvalue weighted by molar-refractivity contribution is -0.137. The zero-order valence-electron chi connectivity index (χ0n) is 49.0. The van der Waals surface area contributed by atoms with Crippen molar-refractivity contribution >= 4 is 63.9 Å². The third-order valence-electron chi connectivity index (χ3n) is 16.3. The molecule has 5 N–H and O–H groups in total. The van der Waals surface area contributed by atoms with Crippen molar-refractivity contribution in [2.24, 2.45) is 11.8 Å². The van der Waals surface area contributed by atoms with Crippen LogP contribution < -0.4 is 32.1 Å². The van der Waals surface area contributed by atoms with Crippen molar-refractivity contribution in [2.45, 2.75) is 156 Å². The first kappa shape index (κ1) is 62.7. The number of fused-ring (bicyclic) bond motifs is 4. The van der Waals surface area contributed by atoms with Crippen LogP contribution in [0.1, 0.15) is 157 Å². The fourth-order valence-corrected chi connectivity index (χ4v) is 11.6. The van der Waals surface area contributed by atoms with Crippen LogP contribution in [0.5, 0.6) is 0 Å². The number of hydrogen-bond donors (Lipinski definition) is 5. The number of carbonyl (C=O) groups is 9. The van der Waals surface area contributed by atoms with Crippen LogP contribution in [0.25, 0.3) is 22.3 Å². The second kappa shape index (κ2) is 28.9. The van der Waals surface area contributed by atoms with Crippen LogP contribution in [0, 0.1) is 24.6 Å². The SMILES string of the molecule is CCC(C)Cc1c(C(CC)C(C)=O)cc2n(c1=O)Cc1c-2nc2cc(F)c(C)c3c2c1C(N1CC(C)CC1=O)CC3.CCCCNC(=O)CNC(=O)C(Cc1ccccc1)NC(=O)CNC(=O)CNC(=O)CCCCCN1C(=O)C=CC1=O. The number of imide groups is 1. The third kappa shape index (κ3) is 15.4. The second-order valence-corrected chi connectivity index (χ2v) is 22.5. The van der Waals surface area contributed by atoms with E-state index in [1.807, 2.05) is 42.4 Å². The smallest absolute Gasteiger partial charge is 0.254 e. The molecule has 444 valence electrons. The summed E-state index contributed by atoms with van der Waals surface area (Å²) in [6.07, 6.45) is 10.4. The highest BCUT2D eigenvalue weighted by Gasteiger charge is 2.41. The van der Waals surface area contributed by atoms with Gasteiger partial charge in [-0.25, -0.2) is 9.37 Å². The highest BCUT2D eigenvalue weighted by Crippen LogP contribution is 2.48. The molecule has 0 bridgehead atoms. The van der Waals surface area contributed by atoms with E-state index in [0.29, 0.717) is 99.5 Å². The highest BCUT2D eigenvalue weighted by molar-refractivity contribution is 6.12. The number of hydrogen-bond acceptors (Lipinski definition) is 11. The van der Waals surface area contributed by atoms with Crippen molar-refractivity contribution < 1.29 is 47.5 Å². The zero-order chi connectivity index (χ0) is 60.1. The molecular weight excluding hydrogens is 1060 g/mol. The summed E-state index contributed by atoms with van der Waals surface area (Å²) in [4.78, 5) is 133. The van der Waals surface area contributed by atoms with Crippen molar-refractivity contribution in [3.63, 3.8) is 0 Å². The highest BCUT2D eigenvalue weighted by atomic mass is 19.1. The zero-order valence-corrected chi connectivity index (χ0v) is 49.0. The molecule has 3 aliphatic heterocycles. The number of Topliss-reactive ketones (excluding diaryl/α,β-unsaturated/α-hetero) is 1. The predicted molar refractivity (Wildman–Crippen MR) is 312 cm³/mol. The summed E-state index contributed by atoms with van der Waals surface area (Å²) in [5, 5.41) is 13.7. The molecule has 1 fully saturated rings. The molecule has 0 spiro atoms. The number of likely N-dealkylation sites (tertiary alicyclic amines) is 1. The van der Waals surface area contributed by atoms with E-state index in [2.05, 4.69) is 47.4 Å². The number of pyridine rings is 2. The summed E-state index contributed by atoms with van der Waals surface area (Å²) in [7, 11) is 0. The number of nitrogens with zero attached hydrogens (tertiary/aromatic N) is 4. The Morgan fingerprint density at radius 2 is 1.48 bits per heavy atom. The molecule has 1 saturated heterocycles. The molecule has 2 aromatic heterocycles. The van der Waals surface area contributed by atoms with Gasteiger partial charge in [-0.15, -0.1) is 0 Å². The summed E-state index contributed by atoms with van der Waals surface area (Å²) in [6.45, 7) is 14.7. The van der Waals surface area contributed by atoms with Crippen molar-refractivity contribution in [3.8, 4) is 11.4 Å². The Labute approximate surface area is 484 Å². The van der Waals surface area contributed by atoms with Gasteiger partial charge in [0.05, 0.1) is 49.1 Å². The first-order valence-electron chi connectivity index (χ1n) is 29.4. The van der Waals surface area contributed by atoms with Gasteiger partial charge in [0.25, 0.3) is 17.4 Å². The standard InChI is InChI=1S/C34H40FN3O3.C29H40N6O7/c1-7-17(3)11-24-23(21(8-2)20(6)39)13-29-33-25(16-38(29)34(24)41)32-28(37-15-18(4)12-30(37)40)10-9-22-19(5)26(35)14-27(36-33)31(22)32;1-2-3-15-30-24(37)19-33-29(42)22(17-21-10-6-4-7-11-21)34-26(39)20-32-25(38)18-31-23(36)12-8-5-9-16-35-27(40)13-14-28(35)41/h13-14,17-18,21,28H,7-12,15-16H2,1-6H3;4,6-7,10-11,13-14,22H,2-3,5,8-9,12,15-20H2,1H3,(H,30,37)(H,31,36)(H,32,38)(H,33,42)(H,34,39). The van der Waals surface area contributed by atoms with Crippen LogP contribution in [0.2, 0.25) is 0 Å². The number of rotatable bonds is 26. The van der Waals surface area contributed by atoms with E-state index in [-0.39, 0.29) is 90.5 Å². The van der Waals surface area contributed by atoms with E-state index in [1.54, 1.807) is 31.2 Å². The van der Waals surface area contributed by atoms with Crippen molar-refractivity contribution in [1.29, 1.82) is 0 Å². The number of amides is 8. The van der Waals surface area contributed by atoms with Crippen LogP contribution in [-0.4, -0.2) is 118 Å². The van der Waals surface area contributed by atoms with E-state index in [4.69, 9.17) is 4.98 Å². The lowest BCUT2D eigenvalue weighted by Gasteiger charge is -2.35. The van der Waals surface area contributed by atoms with Gasteiger partial charge in [0.15, 0.2) is 0 Å². The van der Waals surface area contributed by atoms with Gasteiger partial charge in [0, 0.05) is 79.5 Å². The molecule has 19 nitrogen and oxygen atoms in total. The molecule has 4 aromatic rings. The fraction of sp³-hybridized carbons (Fsp3) is 0.508. The summed E-state index contributed by atoms with van der Waals surface area (Å²) in [5.74, 6) is -2.93. The fourth-order valence-electron chi connectivity index (χ4n) is 11.6. The Kier molecular flexibility index (Phi) is 21.8. The lowest BCUT2D eigenvalue weighted by Crippen LogP contribution is -2.52. The van der Waals surface area contributed by atoms with Gasteiger partial charge in [-0.1, -0.05) is 84.2 Å². The van der Waals surface area contributed by atoms with E-state index >= 15 is 4.39 Å². The number of halogens is 1. The Balaban J connectivity index is 0.000000239. The second-order valence-electron chi connectivity index (χ2n) is 22.5. The maximum atomic E-state index is 15.2. The molecule has 1 aliphatic carbocycles. The molecular formula is C63H80FN9O10. The molecule has 4 aliphatic rings. The number of ketones is 1. The topological polar surface area (TPSA) is 255 Å². The quantitative estimate of drug-likeness (QED) is 0.0324. The first-order valence-corrected chi connectivity index (χ1v) is 29.4. The summed E-state index contributed by atoms with van der Waals surface area (Å²) in [6, 6.07) is 11.5. The Hall–Kier alpha value is -7.90. The number of carbonyl (C=O) groups excluding carboxylic acids is 9. The van der Waals surface area contributed by atoms with Gasteiger partial charge in [-0.2, -0.15) is 0 Å². The molecule has 5 heterocycles. The van der Waals surface area contributed by atoms with E-state index < -0.39 is 30.3 Å². The molecule has 83 heavy (non-hydrogen) atoms. The van der Waals surface area contributed by atoms with Crippen molar-refractivity contribution in [1.82, 2.24) is 45.9 Å². The Morgan fingerprint density at radius 3 is 2.14 bits per heavy atom. The van der Waals surface area contributed by atoms with Crippen molar-refractivity contribution in [3.05, 3.63) is 110 Å². The third-order valence-corrected chi connectivity index (χ3v) is 16.3. The molecule has 5 unspecified atom stereocenters. The molecule has 2 aromatic carbocycles. The molecule has 0 saturated carbocycles. The van der Waals surface area contributed by atoms with Crippen LogP contribution in [0.3, 0.4) is 0 Å². The molecule has 8 rings (SSSR count). The average molecular weight is 1140 g/mol. The van der Waals surface area contributed by atoms with Crippen LogP contribution in [-0.2, 0) is 69.0 Å². The van der Waals surface area contributed by atoms with E-state index in [1.165, 1.54) is 18.2 Å². The minimum atomic E-state index is -0.974. The monoisotopic (exact) mass is 1140 g/mol. The predicted octanol–water partition coefficient (Wildman–Crippen LogP) is 5.86. The molecule has 5 atom stereocenters. The van der Waals surface area contributed by atoms with E-state index in [0.717, 1.165) is 69.4 Å². The Morgan fingerprint density at radius 1 is 0.795 bits per heavy atom. The van der Waals surface area contributed by atoms with Gasteiger partial charge in [0.1, 0.15) is 17.6 Å². The van der Waals surface area contributed by atoms with Gasteiger partial charge < -0.3 is 36.1 Å². The molecule has 0 radical (unpaired) electrons. The number of aryl methyl sites for hydroxylation is 1. The summed E-state index contributed by atoms with van der Waals surface area (Å²) in [5.41, 5.74) is 7.80. The van der Waals surface area contributed by atoms with Crippen molar-refractivity contribution in [2.75, 3.05) is 39.3 Å². The lowest BCUT2D eigenvalue weighted by atomic mass is 9.81. The maximum absolute atomic E-state index is 15.2. The van der Waals surface area contributed by atoms with Gasteiger partial charge >= 0.3 is 0 Å². The number of aromatic nitrogens is 2. The van der Waals surface area contributed by atoms with Gasteiger partial charge in [-0.3, -0.25) is 52.8 Å².